The molecule has 0 fully saturated rings. The zero-order chi connectivity index (χ0) is 10.0. The van der Waals surface area contributed by atoms with E-state index in [-0.39, 0.29) is 22.6 Å². The number of nitroso groups, excluding NO2 is 1. The molecule has 6 nitrogen and oxygen atoms in total. The van der Waals surface area contributed by atoms with Crippen molar-refractivity contribution < 1.29 is 0 Å². The predicted octanol–water partition coefficient (Wildman–Crippen LogP) is 0.535. The minimum Gasteiger partial charge on any atom is -0.395 e. The van der Waals surface area contributed by atoms with Crippen molar-refractivity contribution in [3.8, 4) is 6.07 Å². The number of H-pyrrole nitrogens is 1. The molecule has 1 aromatic heterocycles. The molecule has 0 bridgehead atoms. The molecule has 0 spiro atoms. The summed E-state index contributed by atoms with van der Waals surface area (Å²) in [7, 11) is 0. The lowest BCUT2D eigenvalue weighted by Crippen LogP contribution is -2.13. The normalized spacial score (nSPS) is 9.23. The van der Waals surface area contributed by atoms with Crippen molar-refractivity contribution in [1.29, 1.82) is 5.26 Å². The van der Waals surface area contributed by atoms with Gasteiger partial charge in [0.2, 0.25) is 5.82 Å². The number of aromatic amines is 1. The van der Waals surface area contributed by atoms with Gasteiger partial charge in [0.05, 0.1) is 5.69 Å². The van der Waals surface area contributed by atoms with Crippen molar-refractivity contribution in [2.45, 2.75) is 6.92 Å². The number of hydrogen-bond acceptors (Lipinski definition) is 5. The van der Waals surface area contributed by atoms with Crippen molar-refractivity contribution in [3.63, 3.8) is 0 Å². The molecule has 1 heterocycles. The molecule has 0 unspecified atom stereocenters. The Morgan fingerprint density at radius 3 is 2.69 bits per heavy atom. The SMILES string of the molecule is Cc1c(N)c(N=O)[nH]c(=O)c1C#N. The van der Waals surface area contributed by atoms with Gasteiger partial charge in [0.1, 0.15) is 11.6 Å². The lowest BCUT2D eigenvalue weighted by Gasteiger charge is -2.01. The number of pyridine rings is 1. The molecule has 0 aliphatic carbocycles. The molecule has 0 aliphatic heterocycles. The Labute approximate surface area is 73.0 Å². The fourth-order valence-corrected chi connectivity index (χ4v) is 0.927. The van der Waals surface area contributed by atoms with Crippen LogP contribution < -0.4 is 11.3 Å². The second kappa shape index (κ2) is 3.06. The first-order valence-corrected chi connectivity index (χ1v) is 3.37. The van der Waals surface area contributed by atoms with Gasteiger partial charge in [0, 0.05) is 0 Å². The molecule has 0 radical (unpaired) electrons. The van der Waals surface area contributed by atoms with Gasteiger partial charge in [0.25, 0.3) is 5.56 Å². The summed E-state index contributed by atoms with van der Waals surface area (Å²) in [4.78, 5) is 23.3. The lowest BCUT2D eigenvalue weighted by atomic mass is 10.1. The number of nitrogens with two attached hydrogens (primary N) is 1. The van der Waals surface area contributed by atoms with E-state index in [1.165, 1.54) is 6.92 Å². The van der Waals surface area contributed by atoms with Crippen molar-refractivity contribution in [2.75, 3.05) is 5.73 Å². The number of nitrogens with zero attached hydrogens (tertiary/aromatic N) is 2. The molecule has 66 valence electrons. The van der Waals surface area contributed by atoms with E-state index < -0.39 is 5.56 Å². The van der Waals surface area contributed by atoms with Gasteiger partial charge < -0.3 is 10.7 Å². The number of anilines is 1. The summed E-state index contributed by atoms with van der Waals surface area (Å²) >= 11 is 0. The topological polar surface area (TPSA) is 112 Å². The first kappa shape index (κ1) is 8.93. The van der Waals surface area contributed by atoms with Gasteiger partial charge in [0.15, 0.2) is 0 Å². The molecule has 0 atom stereocenters. The molecule has 0 aliphatic rings. The van der Waals surface area contributed by atoms with E-state index in [9.17, 15) is 9.70 Å². The molecule has 0 saturated carbocycles. The van der Waals surface area contributed by atoms with Crippen LogP contribution in [-0.4, -0.2) is 4.98 Å². The van der Waals surface area contributed by atoms with E-state index in [4.69, 9.17) is 11.0 Å². The van der Waals surface area contributed by atoms with Crippen molar-refractivity contribution in [1.82, 2.24) is 4.98 Å². The van der Waals surface area contributed by atoms with Crippen LogP contribution in [0.3, 0.4) is 0 Å². The summed E-state index contributed by atoms with van der Waals surface area (Å²) in [6.45, 7) is 1.48. The fraction of sp³-hybridized carbons (Fsp3) is 0.143. The number of aromatic nitrogens is 1. The zero-order valence-corrected chi connectivity index (χ0v) is 6.79. The Kier molecular flexibility index (Phi) is 2.11. The molecule has 0 amide bonds. The first-order valence-electron chi connectivity index (χ1n) is 3.37. The number of rotatable bonds is 1. The third-order valence-electron chi connectivity index (χ3n) is 1.70. The minimum atomic E-state index is -0.649. The van der Waals surface area contributed by atoms with Gasteiger partial charge in [-0.1, -0.05) is 0 Å². The van der Waals surface area contributed by atoms with Gasteiger partial charge >= 0.3 is 0 Å². The van der Waals surface area contributed by atoms with Gasteiger partial charge in [-0.2, -0.15) is 5.26 Å². The van der Waals surface area contributed by atoms with Gasteiger partial charge in [-0.05, 0) is 17.7 Å². The summed E-state index contributed by atoms with van der Waals surface area (Å²) in [5.41, 5.74) is 4.99. The zero-order valence-electron chi connectivity index (χ0n) is 6.79. The largest absolute Gasteiger partial charge is 0.395 e. The number of nitrogen functional groups attached to an aromatic ring is 1. The lowest BCUT2D eigenvalue weighted by molar-refractivity contribution is 1.16. The molecule has 6 heteroatoms. The van der Waals surface area contributed by atoms with Crippen LogP contribution in [0.25, 0.3) is 0 Å². The number of nitrogens with one attached hydrogen (secondary N) is 1. The van der Waals surface area contributed by atoms with Gasteiger partial charge in [-0.3, -0.25) is 4.79 Å². The monoisotopic (exact) mass is 178 g/mol. The maximum Gasteiger partial charge on any atom is 0.267 e. The smallest absolute Gasteiger partial charge is 0.267 e. The van der Waals surface area contributed by atoms with Crippen LogP contribution in [0.5, 0.6) is 0 Å². The highest BCUT2D eigenvalue weighted by atomic mass is 16.3. The predicted molar refractivity (Wildman–Crippen MR) is 46.4 cm³/mol. The fourth-order valence-electron chi connectivity index (χ4n) is 0.927. The second-order valence-corrected chi connectivity index (χ2v) is 2.42. The maximum atomic E-state index is 11.1. The summed E-state index contributed by atoms with van der Waals surface area (Å²) in [6, 6.07) is 1.69. The van der Waals surface area contributed by atoms with E-state index in [1.807, 2.05) is 0 Å². The van der Waals surface area contributed by atoms with E-state index >= 15 is 0 Å². The van der Waals surface area contributed by atoms with Crippen LogP contribution in [0.15, 0.2) is 9.97 Å². The minimum absolute atomic E-state index is 0.0335. The average molecular weight is 178 g/mol. The highest BCUT2D eigenvalue weighted by Crippen LogP contribution is 2.21. The molecule has 0 saturated heterocycles. The molecule has 13 heavy (non-hydrogen) atoms. The standard InChI is InChI=1S/C7H6N4O2/c1-3-4(2-8)7(12)10-6(11-13)5(3)9/h9H2,1H3,(H,10,12). The van der Waals surface area contributed by atoms with E-state index in [1.54, 1.807) is 6.07 Å². The Morgan fingerprint density at radius 1 is 1.62 bits per heavy atom. The Balaban J connectivity index is 3.67. The summed E-state index contributed by atoms with van der Waals surface area (Å²) in [5.74, 6) is -0.235. The summed E-state index contributed by atoms with van der Waals surface area (Å²) in [6.07, 6.45) is 0. The Morgan fingerprint density at radius 2 is 2.23 bits per heavy atom. The Hall–Kier alpha value is -2.16. The van der Waals surface area contributed by atoms with Crippen molar-refractivity contribution in [2.24, 2.45) is 5.18 Å². The quantitative estimate of drug-likeness (QED) is 0.610. The molecular formula is C7H6N4O2. The van der Waals surface area contributed by atoms with Crippen molar-refractivity contribution >= 4 is 11.5 Å². The van der Waals surface area contributed by atoms with Crippen LogP contribution in [0.4, 0.5) is 11.5 Å². The molecule has 1 aromatic rings. The maximum absolute atomic E-state index is 11.1. The third-order valence-corrected chi connectivity index (χ3v) is 1.70. The third kappa shape index (κ3) is 1.27. The van der Waals surface area contributed by atoms with Crippen LogP contribution >= 0.6 is 0 Å². The van der Waals surface area contributed by atoms with Crippen LogP contribution in [-0.2, 0) is 0 Å². The van der Waals surface area contributed by atoms with E-state index in [2.05, 4.69) is 10.2 Å². The number of nitriles is 1. The molecule has 3 N–H and O–H groups in total. The van der Waals surface area contributed by atoms with Crippen molar-refractivity contribution in [3.05, 3.63) is 26.4 Å². The average Bonchev–Trinajstić information content (AvgIpc) is 2.12. The molecule has 1 rings (SSSR count). The van der Waals surface area contributed by atoms with Gasteiger partial charge in [-0.25, -0.2) is 0 Å². The Bertz CT molecular complexity index is 455. The van der Waals surface area contributed by atoms with Crippen LogP contribution in [0.1, 0.15) is 11.1 Å². The first-order chi connectivity index (χ1) is 6.11. The van der Waals surface area contributed by atoms with Gasteiger partial charge in [-0.15, -0.1) is 4.91 Å². The van der Waals surface area contributed by atoms with E-state index in [0.717, 1.165) is 0 Å². The molecule has 0 aromatic carbocycles. The molecular weight excluding hydrogens is 172 g/mol. The number of hydrogen-bond donors (Lipinski definition) is 2. The highest BCUT2D eigenvalue weighted by molar-refractivity contribution is 5.65. The highest BCUT2D eigenvalue weighted by Gasteiger charge is 2.11. The summed E-state index contributed by atoms with van der Waals surface area (Å²) in [5, 5.41) is 11.1. The summed E-state index contributed by atoms with van der Waals surface area (Å²) < 4.78 is 0. The second-order valence-electron chi connectivity index (χ2n) is 2.42. The van der Waals surface area contributed by atoms with Crippen LogP contribution in [0, 0.1) is 23.2 Å². The van der Waals surface area contributed by atoms with E-state index in [0.29, 0.717) is 0 Å². The van der Waals surface area contributed by atoms with Crippen LogP contribution in [0.2, 0.25) is 0 Å².